The van der Waals surface area contributed by atoms with E-state index in [1.807, 2.05) is 32.0 Å². The van der Waals surface area contributed by atoms with Gasteiger partial charge in [0.15, 0.2) is 0 Å². The van der Waals surface area contributed by atoms with Crippen LogP contribution in [0.4, 0.5) is 0 Å². The van der Waals surface area contributed by atoms with Gasteiger partial charge in [-0.15, -0.1) is 0 Å². The second-order valence-electron chi connectivity index (χ2n) is 5.76. The van der Waals surface area contributed by atoms with Crippen molar-refractivity contribution in [3.63, 3.8) is 0 Å². The maximum Gasteiger partial charge on any atom is 0.250 e. The molecule has 1 aromatic heterocycles. The Morgan fingerprint density at radius 3 is 2.38 bits per heavy atom. The van der Waals surface area contributed by atoms with Crippen LogP contribution in [0.25, 0.3) is 0 Å². The summed E-state index contributed by atoms with van der Waals surface area (Å²) in [5.41, 5.74) is 2.00. The summed E-state index contributed by atoms with van der Waals surface area (Å²) >= 11 is 0. The van der Waals surface area contributed by atoms with Crippen molar-refractivity contribution in [3.05, 3.63) is 64.1 Å². The maximum absolute atomic E-state index is 12.2. The highest BCUT2D eigenvalue weighted by Crippen LogP contribution is 2.11. The van der Waals surface area contributed by atoms with Gasteiger partial charge >= 0.3 is 0 Å². The minimum Gasteiger partial charge on any atom is -0.313 e. The van der Waals surface area contributed by atoms with Gasteiger partial charge in [0.2, 0.25) is 10.0 Å². The van der Waals surface area contributed by atoms with Crippen molar-refractivity contribution in [1.82, 2.24) is 9.29 Å². The van der Waals surface area contributed by atoms with Gasteiger partial charge in [0.05, 0.1) is 4.90 Å². The van der Waals surface area contributed by atoms with Crippen LogP contribution in [-0.2, 0) is 23.0 Å². The maximum atomic E-state index is 12.2. The molecule has 6 heteroatoms. The Kier molecular flexibility index (Phi) is 6.34. The molecule has 0 aliphatic carbocycles. The summed E-state index contributed by atoms with van der Waals surface area (Å²) in [5, 5.41) is 0. The van der Waals surface area contributed by atoms with Gasteiger partial charge in [-0.25, -0.2) is 13.1 Å². The van der Waals surface area contributed by atoms with Gasteiger partial charge in [-0.1, -0.05) is 25.1 Å². The summed E-state index contributed by atoms with van der Waals surface area (Å²) in [6, 6.07) is 12.1. The van der Waals surface area contributed by atoms with Crippen molar-refractivity contribution < 1.29 is 8.42 Å². The lowest BCUT2D eigenvalue weighted by atomic mass is 10.2. The Bertz CT molecular complexity index is 824. The molecule has 0 fully saturated rings. The standard InChI is InChI=1S/C18H24N2O3S/c1-3-16-9-11-17(12-10-16)24(22,23)19-13-4-5-14-20-15(2)7-6-8-18(20)21/h6-12,19H,3-5,13-14H2,1-2H3. The summed E-state index contributed by atoms with van der Waals surface area (Å²) in [6.07, 6.45) is 2.29. The SMILES string of the molecule is CCc1ccc(S(=O)(=O)NCCCCn2c(C)cccc2=O)cc1. The molecule has 0 radical (unpaired) electrons. The zero-order valence-corrected chi connectivity index (χ0v) is 15.0. The molecule has 0 bridgehead atoms. The van der Waals surface area contributed by atoms with E-state index >= 15 is 0 Å². The number of aryl methyl sites for hydroxylation is 2. The molecule has 0 aliphatic heterocycles. The molecule has 1 N–H and O–H groups in total. The Hall–Kier alpha value is -1.92. The molecular weight excluding hydrogens is 324 g/mol. The first kappa shape index (κ1) is 18.4. The molecule has 0 saturated carbocycles. The van der Waals surface area contributed by atoms with Crippen LogP contribution in [0.15, 0.2) is 52.2 Å². The minimum atomic E-state index is -3.47. The Labute approximate surface area is 143 Å². The van der Waals surface area contributed by atoms with Crippen molar-refractivity contribution >= 4 is 10.0 Å². The second-order valence-corrected chi connectivity index (χ2v) is 7.53. The molecule has 2 rings (SSSR count). The molecule has 0 unspecified atom stereocenters. The van der Waals surface area contributed by atoms with E-state index in [0.717, 1.165) is 24.1 Å². The molecule has 0 atom stereocenters. The van der Waals surface area contributed by atoms with Gasteiger partial charge in [-0.05, 0) is 49.9 Å². The number of nitrogens with zero attached hydrogens (tertiary/aromatic N) is 1. The molecule has 0 amide bonds. The number of hydrogen-bond acceptors (Lipinski definition) is 3. The van der Waals surface area contributed by atoms with Crippen LogP contribution in [0.1, 0.15) is 31.0 Å². The van der Waals surface area contributed by atoms with E-state index in [0.29, 0.717) is 19.5 Å². The molecule has 0 spiro atoms. The number of nitrogens with one attached hydrogen (secondary N) is 1. The molecule has 0 saturated heterocycles. The van der Waals surface area contributed by atoms with Gasteiger partial charge < -0.3 is 4.57 Å². The van der Waals surface area contributed by atoms with Crippen molar-refractivity contribution in [2.75, 3.05) is 6.54 Å². The smallest absolute Gasteiger partial charge is 0.250 e. The highest BCUT2D eigenvalue weighted by atomic mass is 32.2. The van der Waals surface area contributed by atoms with Gasteiger partial charge in [0, 0.05) is 24.8 Å². The molecule has 0 aliphatic rings. The summed E-state index contributed by atoms with van der Waals surface area (Å²) in [7, 11) is -3.47. The van der Waals surface area contributed by atoms with Crippen LogP contribution in [0.5, 0.6) is 0 Å². The van der Waals surface area contributed by atoms with E-state index in [-0.39, 0.29) is 10.5 Å². The molecule has 2 aromatic rings. The predicted molar refractivity (Wildman–Crippen MR) is 95.7 cm³/mol. The lowest BCUT2D eigenvalue weighted by Gasteiger charge is -2.10. The normalized spacial score (nSPS) is 11.6. The summed E-state index contributed by atoms with van der Waals surface area (Å²) in [4.78, 5) is 12.0. The first-order valence-corrected chi connectivity index (χ1v) is 9.67. The molecule has 1 heterocycles. The quantitative estimate of drug-likeness (QED) is 0.745. The first-order valence-electron chi connectivity index (χ1n) is 8.19. The monoisotopic (exact) mass is 348 g/mol. The van der Waals surface area contributed by atoms with E-state index in [1.165, 1.54) is 6.07 Å². The Balaban J connectivity index is 1.84. The fraction of sp³-hybridized carbons (Fsp3) is 0.389. The van der Waals surface area contributed by atoms with Crippen molar-refractivity contribution in [3.8, 4) is 0 Å². The fourth-order valence-electron chi connectivity index (χ4n) is 2.50. The van der Waals surface area contributed by atoms with E-state index in [2.05, 4.69) is 4.72 Å². The first-order chi connectivity index (χ1) is 11.4. The lowest BCUT2D eigenvalue weighted by molar-refractivity contribution is 0.557. The molecule has 5 nitrogen and oxygen atoms in total. The number of benzene rings is 1. The average molecular weight is 348 g/mol. The van der Waals surface area contributed by atoms with Crippen LogP contribution in [0, 0.1) is 6.92 Å². The van der Waals surface area contributed by atoms with E-state index in [1.54, 1.807) is 22.8 Å². The number of aromatic nitrogens is 1. The highest BCUT2D eigenvalue weighted by Gasteiger charge is 2.12. The second kappa shape index (κ2) is 8.26. The van der Waals surface area contributed by atoms with Gasteiger partial charge in [-0.3, -0.25) is 4.79 Å². The van der Waals surface area contributed by atoms with Gasteiger partial charge in [-0.2, -0.15) is 0 Å². The minimum absolute atomic E-state index is 0.0217. The fourth-order valence-corrected chi connectivity index (χ4v) is 3.57. The lowest BCUT2D eigenvalue weighted by Crippen LogP contribution is -2.26. The number of unbranched alkanes of at least 4 members (excludes halogenated alkanes) is 1. The zero-order chi connectivity index (χ0) is 17.6. The van der Waals surface area contributed by atoms with E-state index < -0.39 is 10.0 Å². The van der Waals surface area contributed by atoms with Crippen LogP contribution in [-0.4, -0.2) is 19.5 Å². The molecule has 1 aromatic carbocycles. The average Bonchev–Trinajstić information content (AvgIpc) is 2.57. The number of pyridine rings is 1. The summed E-state index contributed by atoms with van der Waals surface area (Å²) < 4.78 is 28.7. The Morgan fingerprint density at radius 1 is 1.04 bits per heavy atom. The number of rotatable bonds is 8. The summed E-state index contributed by atoms with van der Waals surface area (Å²) in [6.45, 7) is 4.88. The molecule has 130 valence electrons. The van der Waals surface area contributed by atoms with Crippen LogP contribution in [0.2, 0.25) is 0 Å². The topological polar surface area (TPSA) is 68.2 Å². The van der Waals surface area contributed by atoms with E-state index in [4.69, 9.17) is 0 Å². The molecule has 24 heavy (non-hydrogen) atoms. The number of sulfonamides is 1. The van der Waals surface area contributed by atoms with Crippen molar-refractivity contribution in [2.45, 2.75) is 44.6 Å². The number of hydrogen-bond donors (Lipinski definition) is 1. The third-order valence-corrected chi connectivity index (χ3v) is 5.49. The third-order valence-electron chi connectivity index (χ3n) is 4.01. The molecular formula is C18H24N2O3S. The predicted octanol–water partition coefficient (Wildman–Crippen LogP) is 2.48. The van der Waals surface area contributed by atoms with E-state index in [9.17, 15) is 13.2 Å². The van der Waals surface area contributed by atoms with Crippen molar-refractivity contribution in [1.29, 1.82) is 0 Å². The van der Waals surface area contributed by atoms with Crippen LogP contribution >= 0.6 is 0 Å². The van der Waals surface area contributed by atoms with Gasteiger partial charge in [0.25, 0.3) is 5.56 Å². The zero-order valence-electron chi connectivity index (χ0n) is 14.2. The van der Waals surface area contributed by atoms with Crippen molar-refractivity contribution in [2.24, 2.45) is 0 Å². The Morgan fingerprint density at radius 2 is 1.75 bits per heavy atom. The summed E-state index contributed by atoms with van der Waals surface area (Å²) in [5.74, 6) is 0. The highest BCUT2D eigenvalue weighted by molar-refractivity contribution is 7.89. The van der Waals surface area contributed by atoms with Gasteiger partial charge in [0.1, 0.15) is 0 Å². The largest absolute Gasteiger partial charge is 0.313 e. The van der Waals surface area contributed by atoms with Crippen LogP contribution in [0.3, 0.4) is 0 Å². The third kappa shape index (κ3) is 4.79. The van der Waals surface area contributed by atoms with Crippen LogP contribution < -0.4 is 10.3 Å².